The van der Waals surface area contributed by atoms with Crippen LogP contribution in [-0.4, -0.2) is 62.1 Å². The number of benzene rings is 2. The molecule has 0 atom stereocenters. The zero-order valence-electron chi connectivity index (χ0n) is 19.4. The normalized spacial score (nSPS) is 13.6. The third kappa shape index (κ3) is 6.10. The van der Waals surface area contributed by atoms with Gasteiger partial charge in [-0.15, -0.1) is 0 Å². The maximum Gasteiger partial charge on any atom is 0.309 e. The predicted molar refractivity (Wildman–Crippen MR) is 126 cm³/mol. The number of rotatable bonds is 11. The summed E-state index contributed by atoms with van der Waals surface area (Å²) in [4.78, 5) is 28.0. The highest BCUT2D eigenvalue weighted by atomic mass is 16.5. The number of ether oxygens (including phenoxy) is 2. The molecule has 0 spiro atoms. The Hall–Kier alpha value is -2.86. The second-order valence-corrected chi connectivity index (χ2v) is 8.15. The Morgan fingerprint density at radius 2 is 1.97 bits per heavy atom. The van der Waals surface area contributed by atoms with Crippen LogP contribution in [0.2, 0.25) is 0 Å². The van der Waals surface area contributed by atoms with Gasteiger partial charge in [-0.1, -0.05) is 43.3 Å². The second kappa shape index (κ2) is 11.7. The maximum atomic E-state index is 11.9. The molecule has 0 saturated carbocycles. The fraction of sp³-hybridized carbons (Fsp3) is 0.462. The van der Waals surface area contributed by atoms with Crippen LogP contribution in [0.4, 0.5) is 0 Å². The lowest BCUT2D eigenvalue weighted by atomic mass is 9.96. The average Bonchev–Trinajstić information content (AvgIpc) is 3.22. The lowest BCUT2D eigenvalue weighted by Crippen LogP contribution is -2.30. The fourth-order valence-corrected chi connectivity index (χ4v) is 4.30. The van der Waals surface area contributed by atoms with E-state index < -0.39 is 0 Å². The largest absolute Gasteiger partial charge is 0.496 e. The number of amides is 1. The summed E-state index contributed by atoms with van der Waals surface area (Å²) >= 11 is 0. The molecule has 3 rings (SSSR count). The zero-order chi connectivity index (χ0) is 22.9. The van der Waals surface area contributed by atoms with Crippen molar-refractivity contribution in [2.24, 2.45) is 0 Å². The summed E-state index contributed by atoms with van der Waals surface area (Å²) < 4.78 is 10.5. The molecule has 0 aliphatic carbocycles. The molecule has 0 bridgehead atoms. The van der Waals surface area contributed by atoms with Crippen LogP contribution in [0.25, 0.3) is 11.1 Å². The number of likely N-dealkylation sites (tertiary alicyclic amines) is 1. The van der Waals surface area contributed by atoms with Gasteiger partial charge in [0, 0.05) is 38.2 Å². The molecule has 1 heterocycles. The van der Waals surface area contributed by atoms with E-state index in [1.165, 1.54) is 12.7 Å². The Balaban J connectivity index is 1.77. The molecule has 32 heavy (non-hydrogen) atoms. The van der Waals surface area contributed by atoms with E-state index >= 15 is 0 Å². The molecule has 0 unspecified atom stereocenters. The summed E-state index contributed by atoms with van der Waals surface area (Å²) in [5, 5.41) is 0. The molecule has 0 aromatic heterocycles. The van der Waals surface area contributed by atoms with Crippen LogP contribution in [-0.2, 0) is 27.3 Å². The molecule has 1 saturated heterocycles. The lowest BCUT2D eigenvalue weighted by Gasteiger charge is -2.24. The Kier molecular flexibility index (Phi) is 8.68. The minimum absolute atomic E-state index is 0.241. The zero-order valence-corrected chi connectivity index (χ0v) is 19.4. The minimum Gasteiger partial charge on any atom is -0.496 e. The molecule has 2 aromatic carbocycles. The fourth-order valence-electron chi connectivity index (χ4n) is 4.30. The van der Waals surface area contributed by atoms with Crippen LogP contribution in [0.15, 0.2) is 42.5 Å². The van der Waals surface area contributed by atoms with E-state index in [4.69, 9.17) is 9.47 Å². The number of nitrogens with zero attached hydrogens (tertiary/aromatic N) is 2. The number of methoxy groups -OCH3 is 2. The van der Waals surface area contributed by atoms with Gasteiger partial charge in [-0.05, 0) is 42.1 Å². The van der Waals surface area contributed by atoms with Crippen molar-refractivity contribution in [3.8, 4) is 16.9 Å². The van der Waals surface area contributed by atoms with Crippen molar-refractivity contribution in [3.05, 3.63) is 53.6 Å². The van der Waals surface area contributed by atoms with Gasteiger partial charge in [-0.3, -0.25) is 14.5 Å². The van der Waals surface area contributed by atoms with Crippen LogP contribution in [0, 0.1) is 0 Å². The van der Waals surface area contributed by atoms with Crippen molar-refractivity contribution in [3.63, 3.8) is 0 Å². The Morgan fingerprint density at radius 3 is 2.66 bits per heavy atom. The molecule has 1 aliphatic heterocycles. The van der Waals surface area contributed by atoms with Crippen molar-refractivity contribution >= 4 is 11.9 Å². The van der Waals surface area contributed by atoms with Gasteiger partial charge in [0.15, 0.2) is 0 Å². The number of esters is 1. The van der Waals surface area contributed by atoms with E-state index in [0.717, 1.165) is 68.0 Å². The van der Waals surface area contributed by atoms with E-state index in [0.29, 0.717) is 6.42 Å². The quantitative estimate of drug-likeness (QED) is 0.498. The predicted octanol–water partition coefficient (Wildman–Crippen LogP) is 3.91. The summed E-state index contributed by atoms with van der Waals surface area (Å²) in [6.07, 6.45) is 2.89. The van der Waals surface area contributed by atoms with Gasteiger partial charge < -0.3 is 14.4 Å². The van der Waals surface area contributed by atoms with Crippen molar-refractivity contribution in [1.29, 1.82) is 0 Å². The Labute approximate surface area is 191 Å². The van der Waals surface area contributed by atoms with Crippen LogP contribution in [0.3, 0.4) is 0 Å². The third-order valence-electron chi connectivity index (χ3n) is 6.04. The minimum atomic E-state index is -0.254. The second-order valence-electron chi connectivity index (χ2n) is 8.15. The first-order chi connectivity index (χ1) is 15.5. The van der Waals surface area contributed by atoms with Gasteiger partial charge in [0.2, 0.25) is 5.91 Å². The number of hydrogen-bond donors (Lipinski definition) is 0. The smallest absolute Gasteiger partial charge is 0.309 e. The van der Waals surface area contributed by atoms with Crippen LogP contribution in [0.5, 0.6) is 5.75 Å². The van der Waals surface area contributed by atoms with Gasteiger partial charge in [-0.25, -0.2) is 0 Å². The highest BCUT2D eigenvalue weighted by molar-refractivity contribution is 5.78. The van der Waals surface area contributed by atoms with Gasteiger partial charge in [0.1, 0.15) is 5.75 Å². The summed E-state index contributed by atoms with van der Waals surface area (Å²) in [7, 11) is 3.09. The molecule has 0 radical (unpaired) electrons. The number of hydrogen-bond acceptors (Lipinski definition) is 5. The highest BCUT2D eigenvalue weighted by Crippen LogP contribution is 2.34. The van der Waals surface area contributed by atoms with Crippen molar-refractivity contribution in [2.45, 2.75) is 39.2 Å². The van der Waals surface area contributed by atoms with Gasteiger partial charge in [0.05, 0.1) is 20.6 Å². The maximum absolute atomic E-state index is 11.9. The topological polar surface area (TPSA) is 59.1 Å². The molecule has 6 nitrogen and oxygen atoms in total. The van der Waals surface area contributed by atoms with Crippen LogP contribution in [0.1, 0.15) is 37.3 Å². The number of carbonyl (C=O) groups is 2. The van der Waals surface area contributed by atoms with Gasteiger partial charge in [-0.2, -0.15) is 0 Å². The summed E-state index contributed by atoms with van der Waals surface area (Å²) in [6.45, 7) is 6.53. The molecule has 1 amide bonds. The van der Waals surface area contributed by atoms with Crippen molar-refractivity contribution < 1.29 is 19.1 Å². The monoisotopic (exact) mass is 438 g/mol. The summed E-state index contributed by atoms with van der Waals surface area (Å²) in [6, 6.07) is 14.1. The van der Waals surface area contributed by atoms with Crippen LogP contribution < -0.4 is 4.74 Å². The molecule has 1 aliphatic rings. The summed E-state index contributed by atoms with van der Waals surface area (Å²) in [5.41, 5.74) is 4.17. The van der Waals surface area contributed by atoms with Crippen LogP contribution >= 0.6 is 0 Å². The van der Waals surface area contributed by atoms with Crippen molar-refractivity contribution in [1.82, 2.24) is 9.80 Å². The molecular weight excluding hydrogens is 404 g/mol. The lowest BCUT2D eigenvalue weighted by molar-refractivity contribution is -0.139. The standard InChI is InChI=1S/C26H34N2O4/c1-4-27(14-8-16-28-15-7-13-24(28)29)19-22-11-6-12-23(31-2)26(22)21-10-5-9-20(17-21)18-25(30)32-3/h5-6,9-12,17H,4,7-8,13-16,18-19H2,1-3H3. The molecule has 0 N–H and O–H groups in total. The van der Waals surface area contributed by atoms with E-state index in [2.05, 4.69) is 24.0 Å². The summed E-state index contributed by atoms with van der Waals surface area (Å²) in [5.74, 6) is 0.849. The highest BCUT2D eigenvalue weighted by Gasteiger charge is 2.20. The average molecular weight is 439 g/mol. The molecule has 6 heteroatoms. The first-order valence-electron chi connectivity index (χ1n) is 11.4. The van der Waals surface area contributed by atoms with E-state index in [9.17, 15) is 9.59 Å². The Bertz CT molecular complexity index is 928. The molecular formula is C26H34N2O4. The first-order valence-corrected chi connectivity index (χ1v) is 11.4. The van der Waals surface area contributed by atoms with E-state index in [1.807, 2.05) is 35.2 Å². The first kappa shape index (κ1) is 23.8. The molecule has 1 fully saturated rings. The molecule has 172 valence electrons. The Morgan fingerprint density at radius 1 is 1.16 bits per heavy atom. The number of carbonyl (C=O) groups excluding carboxylic acids is 2. The third-order valence-corrected chi connectivity index (χ3v) is 6.04. The van der Waals surface area contributed by atoms with Crippen molar-refractivity contribution in [2.75, 3.05) is 40.4 Å². The van der Waals surface area contributed by atoms with Gasteiger partial charge in [0.25, 0.3) is 0 Å². The SMILES string of the molecule is CCN(CCCN1CCCC1=O)Cc1cccc(OC)c1-c1cccc(CC(=O)OC)c1. The van der Waals surface area contributed by atoms with E-state index in [-0.39, 0.29) is 18.3 Å². The van der Waals surface area contributed by atoms with E-state index in [1.54, 1.807) is 7.11 Å². The molecule has 2 aromatic rings. The van der Waals surface area contributed by atoms with Gasteiger partial charge >= 0.3 is 5.97 Å².